The van der Waals surface area contributed by atoms with Crippen LogP contribution in [-0.2, 0) is 37.5 Å². The Morgan fingerprint density at radius 1 is 0.900 bits per heavy atom. The summed E-state index contributed by atoms with van der Waals surface area (Å²) in [7, 11) is 4.40. The normalized spacial score (nSPS) is 21.1. The molecule has 1 aliphatic carbocycles. The number of piperidine rings is 1. The second-order valence-corrected chi connectivity index (χ2v) is 15.4. The Hall–Kier alpha value is -4.34. The predicted octanol–water partition coefficient (Wildman–Crippen LogP) is 3.33. The van der Waals surface area contributed by atoms with Crippen molar-refractivity contribution in [1.29, 1.82) is 0 Å². The van der Waals surface area contributed by atoms with Crippen molar-refractivity contribution >= 4 is 29.0 Å². The molecule has 0 bridgehead atoms. The van der Waals surface area contributed by atoms with E-state index in [-0.39, 0.29) is 18.3 Å². The molecule has 50 heavy (non-hydrogen) atoms. The second kappa shape index (κ2) is 12.5. The first-order valence-electron chi connectivity index (χ1n) is 18.3. The Balaban J connectivity index is 1.20. The number of hydrogen-bond acceptors (Lipinski definition) is 7. The molecule has 1 unspecified atom stereocenters. The highest BCUT2D eigenvalue weighted by Gasteiger charge is 2.39. The van der Waals surface area contributed by atoms with Crippen LogP contribution in [0.5, 0.6) is 0 Å². The number of imide groups is 1. The molecule has 4 heterocycles. The van der Waals surface area contributed by atoms with Gasteiger partial charge in [0, 0.05) is 74.2 Å². The molecule has 4 aliphatic heterocycles. The molecular weight excluding hydrogens is 628 g/mol. The molecule has 3 aromatic carbocycles. The second-order valence-electron chi connectivity index (χ2n) is 15.4. The number of hydroxylamine groups is 2. The summed E-state index contributed by atoms with van der Waals surface area (Å²) in [5, 5.41) is 15.3. The molecule has 0 saturated carbocycles. The van der Waals surface area contributed by atoms with Crippen LogP contribution in [0, 0.1) is 5.92 Å². The summed E-state index contributed by atoms with van der Waals surface area (Å²) in [5.74, 6) is -1.95. The molecule has 1 N–H and O–H groups in total. The van der Waals surface area contributed by atoms with Crippen LogP contribution in [0.2, 0.25) is 0 Å². The minimum atomic E-state index is -0.883. The van der Waals surface area contributed by atoms with E-state index in [1.165, 1.54) is 49.7 Å². The van der Waals surface area contributed by atoms with Gasteiger partial charge >= 0.3 is 5.97 Å². The molecular formula is C41H47N4O5+. The minimum Gasteiger partial charge on any atom is -0.374 e. The van der Waals surface area contributed by atoms with Crippen LogP contribution >= 0.6 is 0 Å². The third-order valence-electron chi connectivity index (χ3n) is 11.9. The van der Waals surface area contributed by atoms with Gasteiger partial charge < -0.3 is 14.8 Å². The van der Waals surface area contributed by atoms with Crippen molar-refractivity contribution < 1.29 is 24.3 Å². The number of anilines is 1. The lowest BCUT2D eigenvalue weighted by Crippen LogP contribution is -2.42. The largest absolute Gasteiger partial charge is 0.374 e. The number of aliphatic hydroxyl groups is 1. The van der Waals surface area contributed by atoms with Gasteiger partial charge in [-0.15, -0.1) is 5.06 Å². The summed E-state index contributed by atoms with van der Waals surface area (Å²) in [4.78, 5) is 46.6. The van der Waals surface area contributed by atoms with Crippen LogP contribution in [0.25, 0.3) is 5.57 Å². The molecule has 1 atom stereocenters. The van der Waals surface area contributed by atoms with Gasteiger partial charge in [0.15, 0.2) is 0 Å². The third-order valence-corrected chi connectivity index (χ3v) is 11.9. The zero-order valence-corrected chi connectivity index (χ0v) is 29.6. The first-order chi connectivity index (χ1) is 24.0. The molecule has 2 amide bonds. The molecule has 0 spiro atoms. The van der Waals surface area contributed by atoms with E-state index in [2.05, 4.69) is 73.8 Å². The Morgan fingerprint density at radius 2 is 1.62 bits per heavy atom. The predicted molar refractivity (Wildman–Crippen MR) is 191 cm³/mol. The van der Waals surface area contributed by atoms with E-state index in [1.54, 1.807) is 0 Å². The maximum atomic E-state index is 12.9. The number of likely N-dealkylation sites (tertiary alicyclic amines) is 1. The summed E-state index contributed by atoms with van der Waals surface area (Å²) in [6.45, 7) is 7.78. The van der Waals surface area contributed by atoms with Gasteiger partial charge in [-0.2, -0.15) is 0 Å². The maximum Gasteiger partial charge on any atom is 0.336 e. The highest BCUT2D eigenvalue weighted by molar-refractivity contribution is 6.01. The van der Waals surface area contributed by atoms with Crippen LogP contribution in [0.1, 0.15) is 97.5 Å². The number of nitrogens with zero attached hydrogens (tertiary/aromatic N) is 4. The highest BCUT2D eigenvalue weighted by atomic mass is 16.7. The lowest BCUT2D eigenvalue weighted by atomic mass is 9.67. The first-order valence-corrected chi connectivity index (χ1v) is 18.3. The number of rotatable bonds is 5. The van der Waals surface area contributed by atoms with Crippen LogP contribution in [0.4, 0.5) is 5.69 Å². The molecule has 0 aromatic heterocycles. The Labute approximate surface area is 293 Å². The first kappa shape index (κ1) is 32.8. The van der Waals surface area contributed by atoms with Crippen molar-refractivity contribution in [2.75, 3.05) is 45.2 Å². The molecule has 9 heteroatoms. The molecule has 2 fully saturated rings. The monoisotopic (exact) mass is 675 g/mol. The fraction of sp³-hybridized carbons (Fsp3) is 0.463. The van der Waals surface area contributed by atoms with Crippen molar-refractivity contribution in [2.45, 2.75) is 76.9 Å². The van der Waals surface area contributed by atoms with E-state index in [0.717, 1.165) is 49.9 Å². The lowest BCUT2D eigenvalue weighted by molar-refractivity contribution is -0.202. The lowest BCUT2D eigenvalue weighted by Gasteiger charge is -2.39. The van der Waals surface area contributed by atoms with E-state index in [4.69, 9.17) is 4.84 Å². The van der Waals surface area contributed by atoms with E-state index >= 15 is 0 Å². The van der Waals surface area contributed by atoms with Gasteiger partial charge in [-0.1, -0.05) is 38.1 Å². The summed E-state index contributed by atoms with van der Waals surface area (Å²) in [5.41, 5.74) is 10.7. The number of carbonyl (C=O) groups is 3. The Morgan fingerprint density at radius 3 is 2.38 bits per heavy atom. The van der Waals surface area contributed by atoms with Crippen LogP contribution < -0.4 is 20.1 Å². The average Bonchev–Trinajstić information content (AvgIpc) is 3.43. The zero-order valence-electron chi connectivity index (χ0n) is 29.6. The standard InChI is InChI=1S/C41H47N4O5/c1-41(2)32-23-34-26(9-7-17-42(34)3)21-30(32)38(31-22-27-10-8-18-43(4)35(27)24-33(31)41)28-11-5-6-12-29(28)39(48)44-19-15-25(16-20-44)40(49)50-45-36(46)13-14-37(45)47/h5-6,11-12,21-25,39,48H,7-10,13-20H2,1-4H3/q+1. The number of aliphatic hydroxyl groups excluding tert-OH is 1. The summed E-state index contributed by atoms with van der Waals surface area (Å²) in [6, 6.07) is 18.0. The fourth-order valence-corrected chi connectivity index (χ4v) is 9.01. The SMILES string of the molecule is CN1CCCc2cc3c(cc21)C(C)(C)c1cc2c(cc1=C3c1ccccc1C(O)N1CCC(C(=O)ON3C(=O)CCC3=O)CC1)CCC[N+]=2C. The minimum absolute atomic E-state index is 0.0701. The van der Waals surface area contributed by atoms with Crippen LogP contribution in [0.15, 0.2) is 48.5 Å². The van der Waals surface area contributed by atoms with Gasteiger partial charge in [0.25, 0.3) is 11.8 Å². The average molecular weight is 676 g/mol. The van der Waals surface area contributed by atoms with Gasteiger partial charge in [-0.25, -0.2) is 9.37 Å². The number of hydrogen-bond donors (Lipinski definition) is 1. The molecule has 8 rings (SSSR count). The van der Waals surface area contributed by atoms with Crippen LogP contribution in [-0.4, -0.2) is 73.1 Å². The topological polar surface area (TPSA) is 93.4 Å². The number of benzene rings is 3. The summed E-state index contributed by atoms with van der Waals surface area (Å²) >= 11 is 0. The van der Waals surface area contributed by atoms with Gasteiger partial charge in [0.2, 0.25) is 5.36 Å². The Kier molecular flexibility index (Phi) is 8.18. The quantitative estimate of drug-likeness (QED) is 0.328. The van der Waals surface area contributed by atoms with Crippen molar-refractivity contribution in [3.8, 4) is 0 Å². The smallest absolute Gasteiger partial charge is 0.336 e. The number of aryl methyl sites for hydroxylation is 2. The molecule has 9 nitrogen and oxygen atoms in total. The Bertz CT molecular complexity index is 2050. The van der Waals surface area contributed by atoms with Crippen LogP contribution in [0.3, 0.4) is 0 Å². The third kappa shape index (κ3) is 5.37. The van der Waals surface area contributed by atoms with Crippen molar-refractivity contribution in [3.63, 3.8) is 0 Å². The molecule has 260 valence electrons. The van der Waals surface area contributed by atoms with Gasteiger partial charge in [-0.3, -0.25) is 14.5 Å². The summed E-state index contributed by atoms with van der Waals surface area (Å²) in [6.07, 6.45) is 4.53. The molecule has 3 aromatic rings. The number of carbonyl (C=O) groups excluding carboxylic acids is 3. The number of fused-ring (bicyclic) bond motifs is 4. The maximum absolute atomic E-state index is 12.9. The fourth-order valence-electron chi connectivity index (χ4n) is 9.01. The van der Waals surface area contributed by atoms with E-state index < -0.39 is 29.9 Å². The highest BCUT2D eigenvalue weighted by Crippen LogP contribution is 2.45. The zero-order chi connectivity index (χ0) is 34.9. The van der Waals surface area contributed by atoms with Gasteiger partial charge in [-0.05, 0) is 88.9 Å². The van der Waals surface area contributed by atoms with Gasteiger partial charge in [0.05, 0.1) is 5.92 Å². The molecule has 5 aliphatic rings. The molecule has 0 radical (unpaired) electrons. The summed E-state index contributed by atoms with van der Waals surface area (Å²) < 4.78 is 2.39. The van der Waals surface area contributed by atoms with Gasteiger partial charge in [0.1, 0.15) is 19.8 Å². The van der Waals surface area contributed by atoms with Crippen molar-refractivity contribution in [1.82, 2.24) is 14.5 Å². The number of amides is 2. The van der Waals surface area contributed by atoms with Crippen molar-refractivity contribution in [3.05, 3.63) is 98.1 Å². The van der Waals surface area contributed by atoms with E-state index in [9.17, 15) is 19.5 Å². The molecule has 2 saturated heterocycles. The van der Waals surface area contributed by atoms with E-state index in [1.807, 2.05) is 17.0 Å². The van der Waals surface area contributed by atoms with Crippen molar-refractivity contribution in [2.24, 2.45) is 5.92 Å². The van der Waals surface area contributed by atoms with E-state index in [0.29, 0.717) is 31.0 Å².